The van der Waals surface area contributed by atoms with Crippen LogP contribution in [0.15, 0.2) is 23.4 Å². The number of oxime groups is 1. The van der Waals surface area contributed by atoms with Gasteiger partial charge < -0.3 is 15.8 Å². The number of halogens is 1. The fourth-order valence-corrected chi connectivity index (χ4v) is 2.85. The summed E-state index contributed by atoms with van der Waals surface area (Å²) >= 11 is 6.21. The zero-order chi connectivity index (χ0) is 14.9. The predicted octanol–water partition coefficient (Wildman–Crippen LogP) is 1.96. The van der Waals surface area contributed by atoms with Crippen molar-refractivity contribution in [3.05, 3.63) is 28.8 Å². The fraction of sp³-hybridized carbons (Fsp3) is 0.500. The molecule has 110 valence electrons. The largest absolute Gasteiger partial charge is 0.409 e. The van der Waals surface area contributed by atoms with Crippen molar-refractivity contribution >= 4 is 23.1 Å². The summed E-state index contributed by atoms with van der Waals surface area (Å²) in [6.07, 6.45) is 0. The first kappa shape index (κ1) is 14.9. The highest BCUT2D eigenvalue weighted by Crippen LogP contribution is 2.26. The summed E-state index contributed by atoms with van der Waals surface area (Å²) in [5, 5.41) is 12.2. The lowest BCUT2D eigenvalue weighted by Crippen LogP contribution is -2.55. The number of hydrogen-bond donors (Lipinski definition) is 2. The fourth-order valence-electron chi connectivity index (χ4n) is 2.58. The molecule has 3 N–H and O–H groups in total. The van der Waals surface area contributed by atoms with Crippen molar-refractivity contribution in [2.45, 2.75) is 25.9 Å². The summed E-state index contributed by atoms with van der Waals surface area (Å²) in [6.45, 7) is 6.35. The minimum atomic E-state index is 0.0293. The van der Waals surface area contributed by atoms with Crippen molar-refractivity contribution in [1.29, 1.82) is 0 Å². The maximum Gasteiger partial charge on any atom is 0.171 e. The molecule has 1 fully saturated rings. The molecule has 1 heterocycles. The van der Waals surface area contributed by atoms with Crippen LogP contribution in [0.1, 0.15) is 19.4 Å². The first-order chi connectivity index (χ1) is 9.43. The van der Waals surface area contributed by atoms with E-state index in [1.165, 1.54) is 0 Å². The van der Waals surface area contributed by atoms with Gasteiger partial charge in [0.25, 0.3) is 0 Å². The van der Waals surface area contributed by atoms with Gasteiger partial charge in [-0.2, -0.15) is 0 Å². The maximum atomic E-state index is 8.72. The molecule has 0 bridgehead atoms. The Hall–Kier alpha value is -1.46. The Morgan fingerprint density at radius 1 is 1.35 bits per heavy atom. The third kappa shape index (κ3) is 2.83. The second-order valence-corrected chi connectivity index (χ2v) is 5.83. The molecule has 6 heteroatoms. The summed E-state index contributed by atoms with van der Waals surface area (Å²) in [5.41, 5.74) is 7.20. The Balaban J connectivity index is 2.24. The molecule has 0 amide bonds. The molecule has 1 aliphatic rings. The summed E-state index contributed by atoms with van der Waals surface area (Å²) in [4.78, 5) is 4.69. The quantitative estimate of drug-likeness (QED) is 0.379. The van der Waals surface area contributed by atoms with Crippen LogP contribution in [0.2, 0.25) is 5.02 Å². The maximum absolute atomic E-state index is 8.72. The number of anilines is 1. The van der Waals surface area contributed by atoms with Crippen molar-refractivity contribution in [3.8, 4) is 0 Å². The van der Waals surface area contributed by atoms with Gasteiger partial charge in [0.2, 0.25) is 0 Å². The molecule has 0 aromatic heterocycles. The van der Waals surface area contributed by atoms with E-state index in [1.807, 2.05) is 12.1 Å². The smallest absolute Gasteiger partial charge is 0.171 e. The van der Waals surface area contributed by atoms with Crippen LogP contribution in [0, 0.1) is 0 Å². The second kappa shape index (κ2) is 5.89. The number of hydrogen-bond acceptors (Lipinski definition) is 4. The van der Waals surface area contributed by atoms with Crippen LogP contribution in [-0.2, 0) is 0 Å². The zero-order valence-corrected chi connectivity index (χ0v) is 12.8. The van der Waals surface area contributed by atoms with E-state index in [0.717, 1.165) is 18.8 Å². The van der Waals surface area contributed by atoms with E-state index in [4.69, 9.17) is 22.5 Å². The van der Waals surface area contributed by atoms with Crippen molar-refractivity contribution in [2.75, 3.05) is 25.0 Å². The van der Waals surface area contributed by atoms with E-state index in [2.05, 4.69) is 35.9 Å². The van der Waals surface area contributed by atoms with E-state index in [1.54, 1.807) is 6.07 Å². The van der Waals surface area contributed by atoms with Crippen molar-refractivity contribution in [2.24, 2.45) is 10.9 Å². The lowest BCUT2D eigenvalue weighted by atomic mass is 10.1. The van der Waals surface area contributed by atoms with E-state index in [-0.39, 0.29) is 5.84 Å². The molecule has 2 atom stereocenters. The molecule has 1 aromatic carbocycles. The number of nitrogens with zero attached hydrogens (tertiary/aromatic N) is 3. The average molecular weight is 297 g/mol. The summed E-state index contributed by atoms with van der Waals surface area (Å²) in [5.74, 6) is 0.0293. The molecule has 1 aromatic rings. The Morgan fingerprint density at radius 3 is 2.45 bits per heavy atom. The van der Waals surface area contributed by atoms with Crippen LogP contribution in [0.3, 0.4) is 0 Å². The molecule has 0 spiro atoms. The molecular formula is C14H21ClN4O. The summed E-state index contributed by atoms with van der Waals surface area (Å²) in [6, 6.07) is 6.60. The first-order valence-electron chi connectivity index (χ1n) is 6.68. The Morgan fingerprint density at radius 2 is 1.95 bits per heavy atom. The summed E-state index contributed by atoms with van der Waals surface area (Å²) in [7, 11) is 2.15. The van der Waals surface area contributed by atoms with Crippen LogP contribution in [-0.4, -0.2) is 48.2 Å². The molecule has 1 aliphatic heterocycles. The van der Waals surface area contributed by atoms with E-state index in [0.29, 0.717) is 22.7 Å². The SMILES string of the molecule is CC1CN(c2ccc(/C(N)=N/O)c(Cl)c2)CC(C)N1C. The highest BCUT2D eigenvalue weighted by atomic mass is 35.5. The van der Waals surface area contributed by atoms with E-state index < -0.39 is 0 Å². The third-order valence-corrected chi connectivity index (χ3v) is 4.37. The van der Waals surface area contributed by atoms with Crippen LogP contribution < -0.4 is 10.6 Å². The van der Waals surface area contributed by atoms with Crippen LogP contribution in [0.4, 0.5) is 5.69 Å². The minimum absolute atomic E-state index is 0.0293. The van der Waals surface area contributed by atoms with Gasteiger partial charge in [0.1, 0.15) is 0 Å². The molecule has 2 rings (SSSR count). The molecule has 0 radical (unpaired) electrons. The van der Waals surface area contributed by atoms with Gasteiger partial charge in [-0.25, -0.2) is 0 Å². The molecule has 20 heavy (non-hydrogen) atoms. The van der Waals surface area contributed by atoms with Crippen LogP contribution in [0.5, 0.6) is 0 Å². The molecule has 0 saturated carbocycles. The molecular weight excluding hydrogens is 276 g/mol. The third-order valence-electron chi connectivity index (χ3n) is 4.06. The number of rotatable bonds is 2. The number of amidine groups is 1. The van der Waals surface area contributed by atoms with Gasteiger partial charge in [-0.3, -0.25) is 4.90 Å². The monoisotopic (exact) mass is 296 g/mol. The van der Waals surface area contributed by atoms with Gasteiger partial charge in [0.15, 0.2) is 5.84 Å². The lowest BCUT2D eigenvalue weighted by Gasteiger charge is -2.43. The molecule has 5 nitrogen and oxygen atoms in total. The minimum Gasteiger partial charge on any atom is -0.409 e. The molecule has 1 saturated heterocycles. The van der Waals surface area contributed by atoms with E-state index >= 15 is 0 Å². The van der Waals surface area contributed by atoms with Gasteiger partial charge >= 0.3 is 0 Å². The summed E-state index contributed by atoms with van der Waals surface area (Å²) < 4.78 is 0. The van der Waals surface area contributed by atoms with Gasteiger partial charge in [-0.15, -0.1) is 0 Å². The van der Waals surface area contributed by atoms with Gasteiger partial charge in [0.05, 0.1) is 5.02 Å². The number of benzene rings is 1. The van der Waals surface area contributed by atoms with E-state index in [9.17, 15) is 0 Å². The standard InChI is InChI=1S/C14H21ClN4O/c1-9-7-19(8-10(2)18(9)3)11-4-5-12(13(15)6-11)14(16)17-20/h4-6,9-10,20H,7-8H2,1-3H3,(H2,16,17). The number of likely N-dealkylation sites (N-methyl/N-ethyl adjacent to an activating group) is 1. The topological polar surface area (TPSA) is 65.1 Å². The predicted molar refractivity (Wildman–Crippen MR) is 82.9 cm³/mol. The van der Waals surface area contributed by atoms with Crippen LogP contribution in [0.25, 0.3) is 0 Å². The highest BCUT2D eigenvalue weighted by molar-refractivity contribution is 6.34. The van der Waals surface area contributed by atoms with Crippen molar-refractivity contribution in [3.63, 3.8) is 0 Å². The number of nitrogens with two attached hydrogens (primary N) is 1. The van der Waals surface area contributed by atoms with Crippen molar-refractivity contribution < 1.29 is 5.21 Å². The van der Waals surface area contributed by atoms with Gasteiger partial charge in [-0.1, -0.05) is 16.8 Å². The normalized spacial score (nSPS) is 25.0. The second-order valence-electron chi connectivity index (χ2n) is 5.42. The van der Waals surface area contributed by atoms with Crippen molar-refractivity contribution in [1.82, 2.24) is 4.90 Å². The first-order valence-corrected chi connectivity index (χ1v) is 7.06. The lowest BCUT2D eigenvalue weighted by molar-refractivity contribution is 0.170. The molecule has 0 aliphatic carbocycles. The Labute approximate surface area is 124 Å². The Kier molecular flexibility index (Phi) is 4.40. The zero-order valence-electron chi connectivity index (χ0n) is 12.0. The molecule has 2 unspecified atom stereocenters. The van der Waals surface area contributed by atoms with Gasteiger partial charge in [0, 0.05) is 36.4 Å². The van der Waals surface area contributed by atoms with Gasteiger partial charge in [-0.05, 0) is 39.1 Å². The Bertz CT molecular complexity index is 508. The van der Waals surface area contributed by atoms with Crippen LogP contribution >= 0.6 is 11.6 Å². The number of piperazine rings is 1. The average Bonchev–Trinajstić information content (AvgIpc) is 2.43. The highest BCUT2D eigenvalue weighted by Gasteiger charge is 2.26.